The van der Waals surface area contributed by atoms with Crippen molar-refractivity contribution in [2.24, 2.45) is 0 Å². The van der Waals surface area contributed by atoms with Crippen molar-refractivity contribution in [3.8, 4) is 0 Å². The standard InChI is InChI=1S/C14H11Br2ClN2O2/c1-8(11-4-2-9(15)6-12(11)16)18-10-3-5-13(17)14(7-10)19(20)21/h2-8,18H,1H3. The Bertz CT molecular complexity index is 695. The maximum absolute atomic E-state index is 10.9. The average molecular weight is 435 g/mol. The van der Waals surface area contributed by atoms with Crippen LogP contribution in [-0.2, 0) is 0 Å². The number of halogens is 3. The maximum Gasteiger partial charge on any atom is 0.289 e. The molecule has 0 saturated carbocycles. The van der Waals surface area contributed by atoms with Gasteiger partial charge in [0.05, 0.1) is 4.92 Å². The molecule has 0 aromatic heterocycles. The van der Waals surface area contributed by atoms with Crippen molar-refractivity contribution in [3.05, 3.63) is 66.0 Å². The molecule has 1 N–H and O–H groups in total. The van der Waals surface area contributed by atoms with Crippen LogP contribution in [0.4, 0.5) is 11.4 Å². The predicted octanol–water partition coefficient (Wildman–Crippen LogP) is 5.95. The Morgan fingerprint density at radius 3 is 2.57 bits per heavy atom. The summed E-state index contributed by atoms with van der Waals surface area (Å²) in [4.78, 5) is 10.4. The molecule has 7 heteroatoms. The van der Waals surface area contributed by atoms with Gasteiger partial charge in [-0.3, -0.25) is 10.1 Å². The third kappa shape index (κ3) is 3.96. The summed E-state index contributed by atoms with van der Waals surface area (Å²) in [6.07, 6.45) is 0. The molecule has 0 aliphatic carbocycles. The van der Waals surface area contributed by atoms with Gasteiger partial charge in [0.1, 0.15) is 5.02 Å². The lowest BCUT2D eigenvalue weighted by molar-refractivity contribution is -0.384. The number of nitrogens with zero attached hydrogens (tertiary/aromatic N) is 1. The van der Waals surface area contributed by atoms with Crippen LogP contribution in [0.15, 0.2) is 45.3 Å². The van der Waals surface area contributed by atoms with Crippen molar-refractivity contribution in [2.75, 3.05) is 5.32 Å². The topological polar surface area (TPSA) is 55.2 Å². The van der Waals surface area contributed by atoms with E-state index in [1.165, 1.54) is 12.1 Å². The second-order valence-corrected chi connectivity index (χ2v) is 6.63. The molecule has 2 aromatic rings. The highest BCUT2D eigenvalue weighted by atomic mass is 79.9. The normalized spacial score (nSPS) is 12.0. The Kier molecular flexibility index (Phi) is 5.24. The van der Waals surface area contributed by atoms with Gasteiger partial charge in [-0.05, 0) is 36.8 Å². The summed E-state index contributed by atoms with van der Waals surface area (Å²) < 4.78 is 1.94. The zero-order valence-electron chi connectivity index (χ0n) is 10.9. The van der Waals surface area contributed by atoms with Crippen molar-refractivity contribution in [2.45, 2.75) is 13.0 Å². The molecule has 0 amide bonds. The molecule has 110 valence electrons. The van der Waals surface area contributed by atoms with E-state index < -0.39 is 4.92 Å². The minimum Gasteiger partial charge on any atom is -0.378 e. The fraction of sp³-hybridized carbons (Fsp3) is 0.143. The van der Waals surface area contributed by atoms with Gasteiger partial charge in [0, 0.05) is 26.7 Å². The first-order chi connectivity index (χ1) is 9.88. The smallest absolute Gasteiger partial charge is 0.289 e. The molecule has 0 aliphatic heterocycles. The van der Waals surface area contributed by atoms with E-state index in [-0.39, 0.29) is 16.8 Å². The Morgan fingerprint density at radius 1 is 1.24 bits per heavy atom. The summed E-state index contributed by atoms with van der Waals surface area (Å²) >= 11 is 12.7. The van der Waals surface area contributed by atoms with Crippen molar-refractivity contribution in [1.82, 2.24) is 0 Å². The molecule has 21 heavy (non-hydrogen) atoms. The number of nitrogens with one attached hydrogen (secondary N) is 1. The van der Waals surface area contributed by atoms with Gasteiger partial charge in [0.2, 0.25) is 0 Å². The minimum absolute atomic E-state index is 0.0201. The highest BCUT2D eigenvalue weighted by Crippen LogP contribution is 2.32. The van der Waals surface area contributed by atoms with Crippen LogP contribution in [0.1, 0.15) is 18.5 Å². The van der Waals surface area contributed by atoms with Crippen molar-refractivity contribution in [3.63, 3.8) is 0 Å². The van der Waals surface area contributed by atoms with Crippen LogP contribution >= 0.6 is 43.5 Å². The number of hydrogen-bond donors (Lipinski definition) is 1. The summed E-state index contributed by atoms with van der Waals surface area (Å²) in [7, 11) is 0. The monoisotopic (exact) mass is 432 g/mol. The Hall–Kier alpha value is -1.11. The van der Waals surface area contributed by atoms with Gasteiger partial charge in [-0.15, -0.1) is 0 Å². The largest absolute Gasteiger partial charge is 0.378 e. The molecule has 0 saturated heterocycles. The van der Waals surface area contributed by atoms with Crippen LogP contribution in [0, 0.1) is 10.1 Å². The van der Waals surface area contributed by atoms with Gasteiger partial charge in [0.15, 0.2) is 0 Å². The minimum atomic E-state index is -0.492. The molecule has 0 spiro atoms. The molecule has 1 atom stereocenters. The van der Waals surface area contributed by atoms with Gasteiger partial charge in [-0.2, -0.15) is 0 Å². The van der Waals surface area contributed by atoms with Crippen molar-refractivity contribution in [1.29, 1.82) is 0 Å². The molecule has 2 rings (SSSR count). The molecular formula is C14H11Br2ClN2O2. The summed E-state index contributed by atoms with van der Waals surface area (Å²) in [5, 5.41) is 14.3. The second-order valence-electron chi connectivity index (χ2n) is 4.46. The van der Waals surface area contributed by atoms with Crippen LogP contribution in [0.3, 0.4) is 0 Å². The second kappa shape index (κ2) is 6.77. The third-order valence-electron chi connectivity index (χ3n) is 2.96. The summed E-state index contributed by atoms with van der Waals surface area (Å²) in [5.74, 6) is 0. The van der Waals surface area contributed by atoms with Crippen LogP contribution in [0.2, 0.25) is 5.02 Å². The number of hydrogen-bond acceptors (Lipinski definition) is 3. The average Bonchev–Trinajstić information content (AvgIpc) is 2.40. The van der Waals surface area contributed by atoms with Gasteiger partial charge >= 0.3 is 0 Å². The van der Waals surface area contributed by atoms with Crippen molar-refractivity contribution >= 4 is 54.8 Å². The van der Waals surface area contributed by atoms with Crippen molar-refractivity contribution < 1.29 is 4.92 Å². The Labute approximate surface area is 143 Å². The van der Waals surface area contributed by atoms with Gasteiger partial charge < -0.3 is 5.32 Å². The molecule has 1 unspecified atom stereocenters. The SMILES string of the molecule is CC(Nc1ccc(Cl)c([N+](=O)[O-])c1)c1ccc(Br)cc1Br. The lowest BCUT2D eigenvalue weighted by Crippen LogP contribution is -2.07. The zero-order chi connectivity index (χ0) is 15.6. The molecular weight excluding hydrogens is 423 g/mol. The first-order valence-electron chi connectivity index (χ1n) is 6.04. The zero-order valence-corrected chi connectivity index (χ0v) is 14.9. The summed E-state index contributed by atoms with van der Waals surface area (Å²) in [6, 6.07) is 10.5. The Balaban J connectivity index is 2.25. The van der Waals surface area contributed by atoms with E-state index in [2.05, 4.69) is 37.2 Å². The third-order valence-corrected chi connectivity index (χ3v) is 4.45. The van der Waals surface area contributed by atoms with Gasteiger partial charge in [-0.1, -0.05) is 49.5 Å². The highest BCUT2D eigenvalue weighted by Gasteiger charge is 2.15. The van der Waals surface area contributed by atoms with Crippen LogP contribution in [0.25, 0.3) is 0 Å². The van der Waals surface area contributed by atoms with E-state index in [1.54, 1.807) is 6.07 Å². The van der Waals surface area contributed by atoms with E-state index in [0.29, 0.717) is 5.69 Å². The van der Waals surface area contributed by atoms with Crippen LogP contribution in [-0.4, -0.2) is 4.92 Å². The molecule has 0 bridgehead atoms. The molecule has 0 aliphatic rings. The number of rotatable bonds is 4. The first kappa shape index (κ1) is 16.3. The fourth-order valence-electron chi connectivity index (χ4n) is 1.92. The highest BCUT2D eigenvalue weighted by molar-refractivity contribution is 9.11. The molecule has 2 aromatic carbocycles. The number of nitro benzene ring substituents is 1. The molecule has 0 radical (unpaired) electrons. The van der Waals surface area contributed by atoms with E-state index in [4.69, 9.17) is 11.6 Å². The number of anilines is 1. The molecule has 0 heterocycles. The molecule has 4 nitrogen and oxygen atoms in total. The first-order valence-corrected chi connectivity index (χ1v) is 8.00. The summed E-state index contributed by atoms with van der Waals surface area (Å²) in [5.41, 5.74) is 1.59. The van der Waals surface area contributed by atoms with Crippen LogP contribution < -0.4 is 5.32 Å². The number of nitro groups is 1. The van der Waals surface area contributed by atoms with Gasteiger partial charge in [0.25, 0.3) is 5.69 Å². The predicted molar refractivity (Wildman–Crippen MR) is 92.0 cm³/mol. The fourth-order valence-corrected chi connectivity index (χ4v) is 3.50. The lowest BCUT2D eigenvalue weighted by Gasteiger charge is -2.17. The van der Waals surface area contributed by atoms with E-state index in [9.17, 15) is 10.1 Å². The van der Waals surface area contributed by atoms with E-state index >= 15 is 0 Å². The summed E-state index contributed by atoms with van der Waals surface area (Å²) in [6.45, 7) is 1.98. The quantitative estimate of drug-likeness (QED) is 0.478. The van der Waals surface area contributed by atoms with E-state index in [1.807, 2.05) is 25.1 Å². The lowest BCUT2D eigenvalue weighted by atomic mass is 10.1. The van der Waals surface area contributed by atoms with E-state index in [0.717, 1.165) is 14.5 Å². The number of benzene rings is 2. The maximum atomic E-state index is 10.9. The van der Waals surface area contributed by atoms with Crippen LogP contribution in [0.5, 0.6) is 0 Å². The Morgan fingerprint density at radius 2 is 1.95 bits per heavy atom. The van der Waals surface area contributed by atoms with Gasteiger partial charge in [-0.25, -0.2) is 0 Å². The molecule has 0 fully saturated rings.